The number of rotatable bonds is 4. The van der Waals surface area contributed by atoms with E-state index >= 15 is 0 Å². The van der Waals surface area contributed by atoms with Crippen molar-refractivity contribution in [1.29, 1.82) is 0 Å². The molecule has 4 nitrogen and oxygen atoms in total. The molecule has 0 unspecified atom stereocenters. The van der Waals surface area contributed by atoms with Crippen molar-refractivity contribution < 1.29 is 4.79 Å². The van der Waals surface area contributed by atoms with E-state index < -0.39 is 0 Å². The Hall–Kier alpha value is -1.94. The molecular formula is C17H18ClN3O. The van der Waals surface area contributed by atoms with Gasteiger partial charge in [-0.25, -0.2) is 0 Å². The van der Waals surface area contributed by atoms with Crippen LogP contribution < -0.4 is 5.32 Å². The van der Waals surface area contributed by atoms with Crippen molar-refractivity contribution >= 4 is 17.5 Å². The minimum absolute atomic E-state index is 0.0608. The van der Waals surface area contributed by atoms with Gasteiger partial charge in [0.05, 0.1) is 23.7 Å². The number of fused-ring (bicyclic) bond motifs is 1. The van der Waals surface area contributed by atoms with Crippen LogP contribution in [0.15, 0.2) is 30.5 Å². The molecule has 114 valence electrons. The van der Waals surface area contributed by atoms with Crippen molar-refractivity contribution in [2.45, 2.75) is 38.6 Å². The van der Waals surface area contributed by atoms with Crippen molar-refractivity contribution in [2.75, 3.05) is 0 Å². The maximum absolute atomic E-state index is 11.9. The second-order valence-corrected chi connectivity index (χ2v) is 5.97. The Labute approximate surface area is 134 Å². The van der Waals surface area contributed by atoms with Gasteiger partial charge in [0.2, 0.25) is 5.91 Å². The lowest BCUT2D eigenvalue weighted by Gasteiger charge is -2.15. The molecule has 22 heavy (non-hydrogen) atoms. The third-order valence-electron chi connectivity index (χ3n) is 3.83. The Bertz CT molecular complexity index is 670. The molecule has 1 aliphatic rings. The molecular weight excluding hydrogens is 298 g/mol. The lowest BCUT2D eigenvalue weighted by atomic mass is 9.96. The first kappa shape index (κ1) is 15.0. The smallest absolute Gasteiger partial charge is 0.226 e. The van der Waals surface area contributed by atoms with Gasteiger partial charge in [-0.2, -0.15) is 0 Å². The van der Waals surface area contributed by atoms with E-state index in [1.54, 1.807) is 18.3 Å². The summed E-state index contributed by atoms with van der Waals surface area (Å²) in [5.74, 6) is -0.0608. The summed E-state index contributed by atoms with van der Waals surface area (Å²) in [6.45, 7) is 0.458. The fraction of sp³-hybridized carbons (Fsp3) is 0.353. The Morgan fingerprint density at radius 3 is 2.77 bits per heavy atom. The normalized spacial score (nSPS) is 13.5. The summed E-state index contributed by atoms with van der Waals surface area (Å²) >= 11 is 5.78. The van der Waals surface area contributed by atoms with Gasteiger partial charge in [0, 0.05) is 17.6 Å². The van der Waals surface area contributed by atoms with Crippen LogP contribution in [-0.2, 0) is 30.6 Å². The first-order valence-corrected chi connectivity index (χ1v) is 7.93. The van der Waals surface area contributed by atoms with Crippen LogP contribution in [0.3, 0.4) is 0 Å². The van der Waals surface area contributed by atoms with Gasteiger partial charge in [-0.3, -0.25) is 14.8 Å². The van der Waals surface area contributed by atoms with Gasteiger partial charge in [0.1, 0.15) is 0 Å². The summed E-state index contributed by atoms with van der Waals surface area (Å²) in [7, 11) is 0. The van der Waals surface area contributed by atoms with E-state index in [-0.39, 0.29) is 12.3 Å². The number of nitrogens with one attached hydrogen (secondary N) is 1. The van der Waals surface area contributed by atoms with Gasteiger partial charge >= 0.3 is 0 Å². The van der Waals surface area contributed by atoms with Crippen LogP contribution in [0, 0.1) is 0 Å². The number of hydrogen-bond donors (Lipinski definition) is 1. The molecule has 0 saturated heterocycles. The lowest BCUT2D eigenvalue weighted by molar-refractivity contribution is -0.120. The Balaban J connectivity index is 1.55. The zero-order chi connectivity index (χ0) is 15.4. The van der Waals surface area contributed by atoms with Crippen LogP contribution in [0.5, 0.6) is 0 Å². The quantitative estimate of drug-likeness (QED) is 0.944. The molecule has 3 rings (SSSR count). The first-order valence-electron chi connectivity index (χ1n) is 7.55. The summed E-state index contributed by atoms with van der Waals surface area (Å²) in [5.41, 5.74) is 4.17. The highest BCUT2D eigenvalue weighted by atomic mass is 35.5. The van der Waals surface area contributed by atoms with Gasteiger partial charge in [-0.05, 0) is 49.4 Å². The van der Waals surface area contributed by atoms with E-state index in [1.165, 1.54) is 24.1 Å². The number of carbonyl (C=O) groups excluding carboxylic acids is 1. The van der Waals surface area contributed by atoms with Gasteiger partial charge in [0.15, 0.2) is 0 Å². The molecule has 0 aromatic carbocycles. The molecule has 2 heterocycles. The number of halogens is 1. The largest absolute Gasteiger partial charge is 0.350 e. The van der Waals surface area contributed by atoms with Crippen LogP contribution >= 0.6 is 11.6 Å². The summed E-state index contributed by atoms with van der Waals surface area (Å²) in [4.78, 5) is 20.7. The van der Waals surface area contributed by atoms with Crippen LogP contribution in [0.4, 0.5) is 0 Å². The zero-order valence-electron chi connectivity index (χ0n) is 12.3. The average Bonchev–Trinajstić information content (AvgIpc) is 2.55. The minimum atomic E-state index is -0.0608. The van der Waals surface area contributed by atoms with Crippen molar-refractivity contribution in [3.8, 4) is 0 Å². The number of carbonyl (C=O) groups is 1. The summed E-state index contributed by atoms with van der Waals surface area (Å²) in [6.07, 6.45) is 6.43. The maximum atomic E-state index is 11.9. The lowest BCUT2D eigenvalue weighted by Crippen LogP contribution is -2.25. The highest BCUT2D eigenvalue weighted by molar-refractivity contribution is 6.30. The van der Waals surface area contributed by atoms with Crippen LogP contribution in [0.2, 0.25) is 5.02 Å². The topological polar surface area (TPSA) is 54.9 Å². The van der Waals surface area contributed by atoms with E-state index in [2.05, 4.69) is 21.4 Å². The molecule has 0 saturated carbocycles. The third kappa shape index (κ3) is 3.83. The predicted octanol–water partition coefficient (Wildman–Crippen LogP) is 2.87. The molecule has 5 heteroatoms. The van der Waals surface area contributed by atoms with E-state index in [1.807, 2.05) is 6.07 Å². The van der Waals surface area contributed by atoms with Crippen molar-refractivity contribution in [2.24, 2.45) is 0 Å². The monoisotopic (exact) mass is 315 g/mol. The Morgan fingerprint density at radius 1 is 1.14 bits per heavy atom. The van der Waals surface area contributed by atoms with Crippen molar-refractivity contribution in [3.63, 3.8) is 0 Å². The number of nitrogens with zero attached hydrogens (tertiary/aromatic N) is 2. The molecule has 0 atom stereocenters. The second-order valence-electron chi connectivity index (χ2n) is 5.54. The first-order chi connectivity index (χ1) is 10.7. The number of hydrogen-bond acceptors (Lipinski definition) is 3. The van der Waals surface area contributed by atoms with E-state index in [0.717, 1.165) is 18.5 Å². The van der Waals surface area contributed by atoms with Crippen molar-refractivity contribution in [3.05, 3.63) is 58.1 Å². The summed E-state index contributed by atoms with van der Waals surface area (Å²) in [5, 5.41) is 3.47. The minimum Gasteiger partial charge on any atom is -0.350 e. The molecule has 0 aliphatic heterocycles. The second kappa shape index (κ2) is 6.88. The standard InChI is InChI=1S/C17H18ClN3O/c18-13-6-8-14(19-10-13)9-17(22)20-11-15-7-5-12-3-1-2-4-16(12)21-15/h5-8,10H,1-4,9,11H2,(H,20,22). The highest BCUT2D eigenvalue weighted by Crippen LogP contribution is 2.19. The molecule has 1 amide bonds. The Kier molecular flexibility index (Phi) is 4.68. The molecule has 1 aliphatic carbocycles. The fourth-order valence-electron chi connectivity index (χ4n) is 2.65. The number of aromatic nitrogens is 2. The summed E-state index contributed by atoms with van der Waals surface area (Å²) < 4.78 is 0. The van der Waals surface area contributed by atoms with E-state index in [9.17, 15) is 4.79 Å². The molecule has 0 fully saturated rings. The van der Waals surface area contributed by atoms with Gasteiger partial charge in [-0.1, -0.05) is 17.7 Å². The fourth-order valence-corrected chi connectivity index (χ4v) is 2.76. The Morgan fingerprint density at radius 2 is 1.95 bits per heavy atom. The molecule has 2 aromatic heterocycles. The third-order valence-corrected chi connectivity index (χ3v) is 4.06. The van der Waals surface area contributed by atoms with Gasteiger partial charge in [-0.15, -0.1) is 0 Å². The van der Waals surface area contributed by atoms with Gasteiger partial charge < -0.3 is 5.32 Å². The molecule has 1 N–H and O–H groups in total. The number of aryl methyl sites for hydroxylation is 2. The highest BCUT2D eigenvalue weighted by Gasteiger charge is 2.11. The molecule has 0 radical (unpaired) electrons. The van der Waals surface area contributed by atoms with Crippen LogP contribution in [0.25, 0.3) is 0 Å². The number of amides is 1. The van der Waals surface area contributed by atoms with Crippen LogP contribution in [-0.4, -0.2) is 15.9 Å². The molecule has 0 spiro atoms. The van der Waals surface area contributed by atoms with Crippen molar-refractivity contribution in [1.82, 2.24) is 15.3 Å². The zero-order valence-corrected chi connectivity index (χ0v) is 13.1. The predicted molar refractivity (Wildman–Crippen MR) is 85.7 cm³/mol. The summed E-state index contributed by atoms with van der Waals surface area (Å²) in [6, 6.07) is 7.65. The maximum Gasteiger partial charge on any atom is 0.226 e. The van der Waals surface area contributed by atoms with E-state index in [0.29, 0.717) is 17.3 Å². The van der Waals surface area contributed by atoms with Crippen LogP contribution in [0.1, 0.15) is 35.5 Å². The average molecular weight is 316 g/mol. The molecule has 2 aromatic rings. The SMILES string of the molecule is O=C(Cc1ccc(Cl)cn1)NCc1ccc2c(n1)CCCC2. The molecule has 0 bridgehead atoms. The van der Waals surface area contributed by atoms with E-state index in [4.69, 9.17) is 11.6 Å². The van der Waals surface area contributed by atoms with Gasteiger partial charge in [0.25, 0.3) is 0 Å². The number of pyridine rings is 2.